The van der Waals surface area contributed by atoms with E-state index in [4.69, 9.17) is 32.7 Å². The van der Waals surface area contributed by atoms with Crippen LogP contribution >= 0.6 is 23.2 Å². The molecule has 0 radical (unpaired) electrons. The molecule has 3 aromatic carbocycles. The Kier molecular flexibility index (Phi) is 6.87. The van der Waals surface area contributed by atoms with Gasteiger partial charge in [-0.2, -0.15) is 0 Å². The Bertz CT molecular complexity index is 1230. The number of amides is 3. The maximum absolute atomic E-state index is 12.8. The molecular formula is C25H20Cl2N2O4. The monoisotopic (exact) mass is 482 g/mol. The summed E-state index contributed by atoms with van der Waals surface area (Å²) < 4.78 is 11.6. The van der Waals surface area contributed by atoms with E-state index in [1.54, 1.807) is 54.6 Å². The zero-order chi connectivity index (χ0) is 23.4. The molecule has 0 atom stereocenters. The second kappa shape index (κ2) is 9.98. The molecule has 1 aliphatic heterocycles. The number of nitrogens with zero attached hydrogens (tertiary/aromatic N) is 1. The summed E-state index contributed by atoms with van der Waals surface area (Å²) in [5.41, 5.74) is 2.12. The molecule has 1 N–H and O–H groups in total. The van der Waals surface area contributed by atoms with E-state index in [2.05, 4.69) is 5.32 Å². The number of anilines is 1. The van der Waals surface area contributed by atoms with Gasteiger partial charge in [-0.3, -0.25) is 4.79 Å². The van der Waals surface area contributed by atoms with E-state index in [0.717, 1.165) is 10.5 Å². The summed E-state index contributed by atoms with van der Waals surface area (Å²) in [7, 11) is 0. The number of urea groups is 1. The largest absolute Gasteiger partial charge is 0.490 e. The minimum atomic E-state index is -0.529. The average molecular weight is 483 g/mol. The van der Waals surface area contributed by atoms with Gasteiger partial charge in [0.15, 0.2) is 11.5 Å². The molecule has 0 bridgehead atoms. The quantitative estimate of drug-likeness (QED) is 0.327. The number of carbonyl (C=O) groups is 2. The maximum Gasteiger partial charge on any atom is 0.333 e. The fourth-order valence-corrected chi connectivity index (χ4v) is 3.62. The van der Waals surface area contributed by atoms with Crippen LogP contribution in [0.3, 0.4) is 0 Å². The highest BCUT2D eigenvalue weighted by Crippen LogP contribution is 2.31. The Morgan fingerprint density at radius 1 is 0.939 bits per heavy atom. The van der Waals surface area contributed by atoms with Gasteiger partial charge >= 0.3 is 6.03 Å². The molecule has 0 aliphatic carbocycles. The molecule has 0 saturated carbocycles. The molecule has 0 unspecified atom stereocenters. The van der Waals surface area contributed by atoms with Gasteiger partial charge in [-0.25, -0.2) is 9.69 Å². The van der Waals surface area contributed by atoms with Crippen molar-refractivity contribution in [1.29, 1.82) is 0 Å². The number of halogens is 2. The van der Waals surface area contributed by atoms with Gasteiger partial charge in [-0.1, -0.05) is 47.5 Å². The number of hydrogen-bond donors (Lipinski definition) is 1. The summed E-state index contributed by atoms with van der Waals surface area (Å²) >= 11 is 12.1. The molecule has 3 amide bonds. The molecule has 33 heavy (non-hydrogen) atoms. The molecule has 1 fully saturated rings. The van der Waals surface area contributed by atoms with Crippen LogP contribution in [0.2, 0.25) is 10.0 Å². The van der Waals surface area contributed by atoms with Crippen molar-refractivity contribution in [2.75, 3.05) is 11.5 Å². The Balaban J connectivity index is 1.55. The third-order valence-electron chi connectivity index (χ3n) is 4.88. The second-order valence-corrected chi connectivity index (χ2v) is 7.97. The summed E-state index contributed by atoms with van der Waals surface area (Å²) in [6, 6.07) is 18.7. The average Bonchev–Trinajstić information content (AvgIpc) is 3.08. The Labute approximate surface area is 201 Å². The van der Waals surface area contributed by atoms with E-state index in [9.17, 15) is 9.59 Å². The Morgan fingerprint density at radius 2 is 1.70 bits per heavy atom. The van der Waals surface area contributed by atoms with Crippen LogP contribution in [0.1, 0.15) is 18.1 Å². The minimum Gasteiger partial charge on any atom is -0.490 e. The van der Waals surface area contributed by atoms with E-state index in [0.29, 0.717) is 39.4 Å². The number of rotatable bonds is 7. The smallest absolute Gasteiger partial charge is 0.333 e. The first-order valence-electron chi connectivity index (χ1n) is 10.2. The summed E-state index contributed by atoms with van der Waals surface area (Å²) in [6.45, 7) is 2.58. The third kappa shape index (κ3) is 5.13. The molecule has 1 aliphatic rings. The van der Waals surface area contributed by atoms with Crippen molar-refractivity contribution >= 4 is 46.9 Å². The van der Waals surface area contributed by atoms with Crippen LogP contribution < -0.4 is 19.7 Å². The number of nitrogens with one attached hydrogen (secondary N) is 1. The van der Waals surface area contributed by atoms with Gasteiger partial charge in [-0.15, -0.1) is 0 Å². The van der Waals surface area contributed by atoms with Gasteiger partial charge < -0.3 is 14.8 Å². The first-order chi connectivity index (χ1) is 16.0. The van der Waals surface area contributed by atoms with Crippen molar-refractivity contribution in [3.63, 3.8) is 0 Å². The van der Waals surface area contributed by atoms with Gasteiger partial charge in [-0.05, 0) is 61.0 Å². The topological polar surface area (TPSA) is 67.9 Å². The van der Waals surface area contributed by atoms with E-state index in [-0.39, 0.29) is 12.3 Å². The van der Waals surface area contributed by atoms with Crippen LogP contribution in [0, 0.1) is 0 Å². The van der Waals surface area contributed by atoms with Crippen LogP contribution in [0.4, 0.5) is 10.5 Å². The Morgan fingerprint density at radius 3 is 2.42 bits per heavy atom. The minimum absolute atomic E-state index is 0.155. The lowest BCUT2D eigenvalue weighted by atomic mass is 10.1. The number of ether oxygens (including phenoxy) is 2. The first-order valence-corrected chi connectivity index (χ1v) is 11.0. The van der Waals surface area contributed by atoms with Crippen molar-refractivity contribution in [3.8, 4) is 11.5 Å². The first kappa shape index (κ1) is 22.7. The molecule has 0 spiro atoms. The molecule has 168 valence electrons. The third-order valence-corrected chi connectivity index (χ3v) is 5.50. The van der Waals surface area contributed by atoms with Crippen molar-refractivity contribution in [1.82, 2.24) is 5.32 Å². The zero-order valence-corrected chi connectivity index (χ0v) is 19.2. The van der Waals surface area contributed by atoms with Crippen LogP contribution in [0.25, 0.3) is 6.08 Å². The summed E-state index contributed by atoms with van der Waals surface area (Å²) in [6.07, 6.45) is 1.59. The van der Waals surface area contributed by atoms with Crippen LogP contribution in [0.5, 0.6) is 11.5 Å². The Hall–Kier alpha value is -3.48. The van der Waals surface area contributed by atoms with Gasteiger partial charge in [0.2, 0.25) is 0 Å². The van der Waals surface area contributed by atoms with E-state index in [1.165, 1.54) is 0 Å². The molecule has 1 saturated heterocycles. The number of benzene rings is 3. The second-order valence-electron chi connectivity index (χ2n) is 7.12. The fourth-order valence-electron chi connectivity index (χ4n) is 3.30. The van der Waals surface area contributed by atoms with Crippen molar-refractivity contribution in [3.05, 3.63) is 93.6 Å². The van der Waals surface area contributed by atoms with Gasteiger partial charge in [0.1, 0.15) is 12.3 Å². The van der Waals surface area contributed by atoms with Crippen LogP contribution in [-0.4, -0.2) is 18.5 Å². The van der Waals surface area contributed by atoms with Gasteiger partial charge in [0.05, 0.1) is 12.3 Å². The van der Waals surface area contributed by atoms with Gasteiger partial charge in [0, 0.05) is 15.6 Å². The number of hydrogen-bond acceptors (Lipinski definition) is 4. The predicted molar refractivity (Wildman–Crippen MR) is 129 cm³/mol. The van der Waals surface area contributed by atoms with Crippen molar-refractivity contribution < 1.29 is 19.1 Å². The van der Waals surface area contributed by atoms with Gasteiger partial charge in [0.25, 0.3) is 5.91 Å². The SMILES string of the molecule is CCOc1cc(/C=C2/NC(=O)N(c3ccc(Cl)cc3)C2=O)ccc1OCc1ccccc1Cl. The molecule has 4 rings (SSSR count). The van der Waals surface area contributed by atoms with E-state index >= 15 is 0 Å². The van der Waals surface area contributed by atoms with E-state index < -0.39 is 11.9 Å². The molecule has 1 heterocycles. The fraction of sp³-hybridized carbons (Fsp3) is 0.120. The molecular weight excluding hydrogens is 463 g/mol. The maximum atomic E-state index is 12.8. The molecule has 6 nitrogen and oxygen atoms in total. The molecule has 3 aromatic rings. The summed E-state index contributed by atoms with van der Waals surface area (Å²) in [5.74, 6) is 0.605. The molecule has 0 aromatic heterocycles. The highest BCUT2D eigenvalue weighted by molar-refractivity contribution is 6.31. The zero-order valence-electron chi connectivity index (χ0n) is 17.7. The predicted octanol–water partition coefficient (Wildman–Crippen LogP) is 6.07. The lowest BCUT2D eigenvalue weighted by Crippen LogP contribution is -2.30. The van der Waals surface area contributed by atoms with Crippen molar-refractivity contribution in [2.24, 2.45) is 0 Å². The van der Waals surface area contributed by atoms with E-state index in [1.807, 2.05) is 25.1 Å². The van der Waals surface area contributed by atoms with Crippen molar-refractivity contribution in [2.45, 2.75) is 13.5 Å². The summed E-state index contributed by atoms with van der Waals surface area (Å²) in [5, 5.41) is 3.75. The highest BCUT2D eigenvalue weighted by Gasteiger charge is 2.34. The highest BCUT2D eigenvalue weighted by atomic mass is 35.5. The summed E-state index contributed by atoms with van der Waals surface area (Å²) in [4.78, 5) is 26.3. The lowest BCUT2D eigenvalue weighted by Gasteiger charge is -2.13. The number of carbonyl (C=O) groups excluding carboxylic acids is 2. The lowest BCUT2D eigenvalue weighted by molar-refractivity contribution is -0.113. The molecule has 8 heteroatoms. The standard InChI is InChI=1S/C25H20Cl2N2O4/c1-2-32-23-14-16(7-12-22(23)33-15-17-5-3-4-6-20(17)27)13-21-24(30)29(25(31)28-21)19-10-8-18(26)9-11-19/h3-14H,2,15H2,1H3,(H,28,31)/b21-13+. The van der Waals surface area contributed by atoms with Crippen LogP contribution in [-0.2, 0) is 11.4 Å². The number of imide groups is 1. The normalized spacial score (nSPS) is 14.5. The van der Waals surface area contributed by atoms with Crippen LogP contribution in [0.15, 0.2) is 72.4 Å².